The summed E-state index contributed by atoms with van der Waals surface area (Å²) < 4.78 is 8.40. The van der Waals surface area contributed by atoms with E-state index in [9.17, 15) is 14.9 Å². The topological polar surface area (TPSA) is 140 Å². The number of carbonyl (C=O) groups excluding carboxylic acids is 2. The zero-order valence-corrected chi connectivity index (χ0v) is 21.0. The molecule has 5 rings (SSSR count). The summed E-state index contributed by atoms with van der Waals surface area (Å²) in [5.41, 5.74) is 2.88. The molecule has 1 saturated carbocycles. The maximum atomic E-state index is 13.0. The number of hydrogen-bond acceptors (Lipinski definition) is 8. The van der Waals surface area contributed by atoms with Crippen LogP contribution in [0.3, 0.4) is 0 Å². The third kappa shape index (κ3) is 5.13. The van der Waals surface area contributed by atoms with Crippen LogP contribution in [-0.2, 0) is 22.1 Å². The first-order chi connectivity index (χ1) is 17.9. The normalized spacial score (nSPS) is 14.5. The van der Waals surface area contributed by atoms with Crippen molar-refractivity contribution < 1.29 is 14.3 Å². The number of nitrogens with one attached hydrogen (secondary N) is 2. The number of amides is 2. The van der Waals surface area contributed by atoms with Gasteiger partial charge in [0.1, 0.15) is 17.3 Å². The van der Waals surface area contributed by atoms with Crippen molar-refractivity contribution in [3.8, 4) is 28.6 Å². The Morgan fingerprint density at radius 2 is 1.97 bits per heavy atom. The molecule has 1 aliphatic carbocycles. The predicted molar refractivity (Wildman–Crippen MR) is 137 cm³/mol. The molecular weight excluding hydrogens is 492 g/mol. The molecule has 4 aromatic rings. The number of benzene rings is 1. The molecule has 0 bridgehead atoms. The molecule has 1 atom stereocenters. The fourth-order valence-corrected chi connectivity index (χ4v) is 4.56. The molecule has 1 aliphatic rings. The van der Waals surface area contributed by atoms with Crippen LogP contribution in [0.2, 0.25) is 0 Å². The molecule has 3 aromatic heterocycles. The van der Waals surface area contributed by atoms with Crippen molar-refractivity contribution in [1.29, 1.82) is 5.26 Å². The van der Waals surface area contributed by atoms with Crippen molar-refractivity contribution in [2.45, 2.75) is 24.4 Å². The van der Waals surface area contributed by atoms with Crippen LogP contribution >= 0.6 is 11.3 Å². The Bertz CT molecular complexity index is 1490. The summed E-state index contributed by atoms with van der Waals surface area (Å²) in [6, 6.07) is 12.6. The molecule has 2 N–H and O–H groups in total. The van der Waals surface area contributed by atoms with Crippen LogP contribution in [0.25, 0.3) is 22.5 Å². The van der Waals surface area contributed by atoms with E-state index in [1.807, 2.05) is 49.0 Å². The van der Waals surface area contributed by atoms with Crippen LogP contribution in [0.4, 0.5) is 5.13 Å². The molecule has 0 radical (unpaired) electrons. The maximum absolute atomic E-state index is 13.0. The lowest BCUT2D eigenvalue weighted by molar-refractivity contribution is -0.119. The fraction of sp³-hybridized carbons (Fsp3) is 0.280. The number of anilines is 1. The monoisotopic (exact) mass is 516 g/mol. The average Bonchev–Trinajstić information content (AvgIpc) is 3.26. The Morgan fingerprint density at radius 1 is 1.19 bits per heavy atom. The van der Waals surface area contributed by atoms with E-state index in [1.54, 1.807) is 10.9 Å². The predicted octanol–water partition coefficient (Wildman–Crippen LogP) is 2.80. The van der Waals surface area contributed by atoms with Crippen LogP contribution in [0, 0.1) is 11.3 Å². The summed E-state index contributed by atoms with van der Waals surface area (Å²) in [4.78, 5) is 30.3. The quantitative estimate of drug-likeness (QED) is 0.349. The molecule has 12 heteroatoms. The molecule has 0 unspecified atom stereocenters. The number of methoxy groups -OCH3 is 1. The molecule has 0 saturated heterocycles. The number of ether oxygens (including phenoxy) is 1. The molecule has 3 heterocycles. The molecule has 0 spiro atoms. The second-order valence-electron chi connectivity index (χ2n) is 8.75. The highest BCUT2D eigenvalue weighted by atomic mass is 32.1. The van der Waals surface area contributed by atoms with Gasteiger partial charge in [0, 0.05) is 43.1 Å². The van der Waals surface area contributed by atoms with Crippen molar-refractivity contribution in [2.75, 3.05) is 19.0 Å². The zero-order chi connectivity index (χ0) is 26.0. The summed E-state index contributed by atoms with van der Waals surface area (Å²) in [6.45, 7) is -0.0369. The van der Waals surface area contributed by atoms with Gasteiger partial charge in [0.25, 0.3) is 11.8 Å². The Balaban J connectivity index is 1.25. The highest BCUT2D eigenvalue weighted by Crippen LogP contribution is 2.42. The lowest BCUT2D eigenvalue weighted by Gasteiger charge is -2.16. The van der Waals surface area contributed by atoms with Crippen LogP contribution in [0.1, 0.15) is 23.3 Å². The molecule has 37 heavy (non-hydrogen) atoms. The second kappa shape index (κ2) is 9.96. The molecule has 1 fully saturated rings. The largest absolute Gasteiger partial charge is 0.382 e. The van der Waals surface area contributed by atoms with Gasteiger partial charge in [0.15, 0.2) is 5.13 Å². The zero-order valence-electron chi connectivity index (χ0n) is 20.2. The van der Waals surface area contributed by atoms with Gasteiger partial charge in [-0.2, -0.15) is 15.5 Å². The first-order valence-corrected chi connectivity index (χ1v) is 12.4. The molecule has 11 nitrogen and oxygen atoms in total. The Labute approximate surface area is 216 Å². The van der Waals surface area contributed by atoms with Gasteiger partial charge < -0.3 is 15.4 Å². The van der Waals surface area contributed by atoms with Gasteiger partial charge in [0.2, 0.25) is 0 Å². The van der Waals surface area contributed by atoms with E-state index in [2.05, 4.69) is 31.9 Å². The van der Waals surface area contributed by atoms with Crippen LogP contribution in [0.15, 0.2) is 54.2 Å². The van der Waals surface area contributed by atoms with Crippen molar-refractivity contribution in [2.24, 2.45) is 7.05 Å². The number of hydrogen-bond donors (Lipinski definition) is 2. The van der Waals surface area contributed by atoms with Crippen molar-refractivity contribution in [1.82, 2.24) is 29.9 Å². The van der Waals surface area contributed by atoms with Gasteiger partial charge in [-0.05, 0) is 31.0 Å². The van der Waals surface area contributed by atoms with E-state index in [-0.39, 0.29) is 12.3 Å². The fourth-order valence-electron chi connectivity index (χ4n) is 3.84. The van der Waals surface area contributed by atoms with E-state index < -0.39 is 23.4 Å². The highest BCUT2D eigenvalue weighted by Gasteiger charge is 2.46. The number of thiazole rings is 1. The third-order valence-corrected chi connectivity index (χ3v) is 6.81. The van der Waals surface area contributed by atoms with Crippen LogP contribution in [0.5, 0.6) is 0 Å². The lowest BCUT2D eigenvalue weighted by atomic mass is 10.1. The maximum Gasteiger partial charge on any atom is 0.272 e. The van der Waals surface area contributed by atoms with Gasteiger partial charge in [-0.25, -0.2) is 4.98 Å². The molecule has 0 aliphatic heterocycles. The minimum atomic E-state index is -0.965. The second-order valence-corrected chi connectivity index (χ2v) is 9.61. The minimum Gasteiger partial charge on any atom is -0.382 e. The standard InChI is InChI=1S/C25H24N8O3S/c1-32-10-6-18(30-32)16-4-3-5-17(12-16)21-14-37-24(28-21)29-23(35)20(13-36-2)27-22(34)19-7-11-33(31-19)25(15-26)8-9-25/h3-7,10-12,14,20H,8-9,13H2,1-2H3,(H,27,34)(H,28,29,35)/t20-/m0/s1. The minimum absolute atomic E-state index is 0.0369. The number of nitriles is 1. The summed E-state index contributed by atoms with van der Waals surface area (Å²) in [5, 5.41) is 25.7. The van der Waals surface area contributed by atoms with Gasteiger partial charge >= 0.3 is 0 Å². The smallest absolute Gasteiger partial charge is 0.272 e. The average molecular weight is 517 g/mol. The number of nitrogens with zero attached hydrogens (tertiary/aromatic N) is 6. The number of rotatable bonds is 9. The van der Waals surface area contributed by atoms with E-state index in [4.69, 9.17) is 4.74 Å². The van der Waals surface area contributed by atoms with Gasteiger partial charge in [-0.1, -0.05) is 18.2 Å². The first-order valence-electron chi connectivity index (χ1n) is 11.5. The van der Waals surface area contributed by atoms with Gasteiger partial charge in [0.05, 0.1) is 24.1 Å². The van der Waals surface area contributed by atoms with Crippen molar-refractivity contribution >= 4 is 28.3 Å². The summed E-state index contributed by atoms with van der Waals surface area (Å²) in [5.74, 6) is -0.996. The van der Waals surface area contributed by atoms with E-state index in [0.29, 0.717) is 23.7 Å². The highest BCUT2D eigenvalue weighted by molar-refractivity contribution is 7.14. The molecule has 188 valence electrons. The molecular formula is C25H24N8O3S. The van der Waals surface area contributed by atoms with Crippen LogP contribution < -0.4 is 10.6 Å². The first kappa shape index (κ1) is 24.4. The summed E-state index contributed by atoms with van der Waals surface area (Å²) in [7, 11) is 3.31. The SMILES string of the molecule is COC[C@H](NC(=O)c1ccn(C2(C#N)CC2)n1)C(=O)Nc1nc(-c2cccc(-c3ccn(C)n3)c2)cs1. The Morgan fingerprint density at radius 3 is 2.65 bits per heavy atom. The van der Waals surface area contributed by atoms with Crippen molar-refractivity contribution in [3.05, 3.63) is 59.9 Å². The van der Waals surface area contributed by atoms with E-state index in [1.165, 1.54) is 29.2 Å². The Kier molecular flexibility index (Phi) is 6.56. The summed E-state index contributed by atoms with van der Waals surface area (Å²) >= 11 is 1.28. The van der Waals surface area contributed by atoms with Gasteiger partial charge in [-0.15, -0.1) is 11.3 Å². The van der Waals surface area contributed by atoms with Crippen LogP contribution in [-0.4, -0.2) is 56.1 Å². The lowest BCUT2D eigenvalue weighted by Crippen LogP contribution is -2.46. The van der Waals surface area contributed by atoms with E-state index >= 15 is 0 Å². The van der Waals surface area contributed by atoms with E-state index in [0.717, 1.165) is 16.8 Å². The molecule has 2 amide bonds. The molecule has 1 aromatic carbocycles. The van der Waals surface area contributed by atoms with Crippen molar-refractivity contribution in [3.63, 3.8) is 0 Å². The Hall–Kier alpha value is -4.34. The summed E-state index contributed by atoms with van der Waals surface area (Å²) in [6.07, 6.45) is 4.89. The third-order valence-electron chi connectivity index (χ3n) is 6.05. The van der Waals surface area contributed by atoms with Gasteiger partial charge in [-0.3, -0.25) is 19.0 Å². The number of carbonyl (C=O) groups is 2. The number of aromatic nitrogens is 5. The number of aryl methyl sites for hydroxylation is 1.